The summed E-state index contributed by atoms with van der Waals surface area (Å²) in [6.07, 6.45) is 5.14. The molecule has 0 aliphatic heterocycles. The van der Waals surface area contributed by atoms with E-state index in [1.807, 2.05) is 6.07 Å². The predicted molar refractivity (Wildman–Crippen MR) is 65.0 cm³/mol. The van der Waals surface area contributed by atoms with Crippen molar-refractivity contribution in [3.8, 4) is 11.6 Å². The average molecular weight is 227 g/mol. The minimum absolute atomic E-state index is 0.226. The van der Waals surface area contributed by atoms with Gasteiger partial charge in [-0.3, -0.25) is 0 Å². The number of nitrogen functional groups attached to an aromatic ring is 1. The van der Waals surface area contributed by atoms with E-state index in [9.17, 15) is 0 Å². The Labute approximate surface area is 99.5 Å². The van der Waals surface area contributed by atoms with Crippen molar-refractivity contribution < 1.29 is 4.74 Å². The molecule has 86 valence electrons. The third-order valence-electron chi connectivity index (χ3n) is 2.94. The van der Waals surface area contributed by atoms with Crippen molar-refractivity contribution in [2.75, 3.05) is 5.73 Å². The van der Waals surface area contributed by atoms with Gasteiger partial charge in [-0.05, 0) is 42.5 Å². The molecular weight excluding hydrogens is 214 g/mol. The van der Waals surface area contributed by atoms with Crippen molar-refractivity contribution in [1.82, 2.24) is 9.97 Å². The number of ether oxygens (including phenoxy) is 1. The van der Waals surface area contributed by atoms with Crippen LogP contribution in [0.2, 0.25) is 0 Å². The summed E-state index contributed by atoms with van der Waals surface area (Å²) in [4.78, 5) is 7.83. The molecule has 3 rings (SSSR count). The van der Waals surface area contributed by atoms with Crippen molar-refractivity contribution >= 4 is 5.95 Å². The third-order valence-corrected chi connectivity index (χ3v) is 2.94. The second-order valence-electron chi connectivity index (χ2n) is 4.14. The Morgan fingerprint density at radius 3 is 2.88 bits per heavy atom. The second kappa shape index (κ2) is 4.05. The molecular formula is C13H13N3O. The molecule has 0 saturated carbocycles. The maximum absolute atomic E-state index is 5.65. The Bertz CT molecular complexity index is 554. The zero-order chi connectivity index (χ0) is 11.7. The summed E-state index contributed by atoms with van der Waals surface area (Å²) in [6.45, 7) is 0. The minimum Gasteiger partial charge on any atom is -0.439 e. The van der Waals surface area contributed by atoms with Crippen LogP contribution in [0.1, 0.15) is 17.5 Å². The summed E-state index contributed by atoms with van der Waals surface area (Å²) in [7, 11) is 0. The van der Waals surface area contributed by atoms with Crippen molar-refractivity contribution in [2.45, 2.75) is 19.3 Å². The number of hydrogen-bond donors (Lipinski definition) is 1. The van der Waals surface area contributed by atoms with Gasteiger partial charge in [0.25, 0.3) is 0 Å². The lowest BCUT2D eigenvalue weighted by atomic mass is 10.1. The van der Waals surface area contributed by atoms with E-state index in [2.05, 4.69) is 22.1 Å². The Morgan fingerprint density at radius 2 is 2.00 bits per heavy atom. The predicted octanol–water partition coefficient (Wildman–Crippen LogP) is 2.34. The number of fused-ring (bicyclic) bond motifs is 1. The number of aryl methyl sites for hydroxylation is 2. The summed E-state index contributed by atoms with van der Waals surface area (Å²) in [5, 5.41) is 0. The van der Waals surface area contributed by atoms with Gasteiger partial charge in [0, 0.05) is 12.3 Å². The number of aromatic nitrogens is 2. The van der Waals surface area contributed by atoms with Gasteiger partial charge in [-0.2, -0.15) is 4.98 Å². The third kappa shape index (κ3) is 2.06. The first-order valence-corrected chi connectivity index (χ1v) is 5.69. The van der Waals surface area contributed by atoms with E-state index in [4.69, 9.17) is 10.5 Å². The van der Waals surface area contributed by atoms with Gasteiger partial charge in [0.2, 0.25) is 11.8 Å². The molecule has 1 aliphatic carbocycles. The highest BCUT2D eigenvalue weighted by atomic mass is 16.5. The largest absolute Gasteiger partial charge is 0.439 e. The molecule has 0 bridgehead atoms. The van der Waals surface area contributed by atoms with Gasteiger partial charge in [0.15, 0.2) is 0 Å². The number of nitrogens with two attached hydrogens (primary N) is 1. The normalized spacial score (nSPS) is 13.4. The van der Waals surface area contributed by atoms with Crippen LogP contribution in [0.25, 0.3) is 0 Å². The number of hydrogen-bond acceptors (Lipinski definition) is 4. The van der Waals surface area contributed by atoms with Crippen molar-refractivity contribution in [3.05, 3.63) is 41.6 Å². The molecule has 1 aromatic heterocycles. The zero-order valence-corrected chi connectivity index (χ0v) is 9.39. The van der Waals surface area contributed by atoms with Crippen LogP contribution in [0.15, 0.2) is 30.5 Å². The first-order valence-electron chi connectivity index (χ1n) is 5.69. The van der Waals surface area contributed by atoms with Gasteiger partial charge in [-0.25, -0.2) is 4.98 Å². The van der Waals surface area contributed by atoms with Gasteiger partial charge >= 0.3 is 0 Å². The first kappa shape index (κ1) is 10.1. The Balaban J connectivity index is 1.86. The monoisotopic (exact) mass is 227 g/mol. The van der Waals surface area contributed by atoms with E-state index in [0.29, 0.717) is 5.88 Å². The molecule has 0 unspecified atom stereocenters. The molecule has 4 nitrogen and oxygen atoms in total. The lowest BCUT2D eigenvalue weighted by Gasteiger charge is -2.06. The van der Waals surface area contributed by atoms with Crippen LogP contribution >= 0.6 is 0 Å². The number of rotatable bonds is 2. The molecule has 0 radical (unpaired) electrons. The molecule has 0 spiro atoms. The molecule has 1 aromatic carbocycles. The number of anilines is 1. The van der Waals surface area contributed by atoms with E-state index in [0.717, 1.165) is 12.2 Å². The maximum Gasteiger partial charge on any atom is 0.224 e. The molecule has 1 heterocycles. The molecule has 4 heteroatoms. The Hall–Kier alpha value is -2.10. The van der Waals surface area contributed by atoms with Gasteiger partial charge < -0.3 is 10.5 Å². The molecule has 0 fully saturated rings. The van der Waals surface area contributed by atoms with E-state index >= 15 is 0 Å². The molecule has 0 amide bonds. The van der Waals surface area contributed by atoms with Crippen molar-refractivity contribution in [1.29, 1.82) is 0 Å². The second-order valence-corrected chi connectivity index (χ2v) is 4.14. The van der Waals surface area contributed by atoms with Crippen LogP contribution in [-0.4, -0.2) is 9.97 Å². The van der Waals surface area contributed by atoms with Crippen LogP contribution in [0.5, 0.6) is 11.6 Å². The standard InChI is InChI=1S/C13H13N3O/c14-13-15-7-6-12(16-13)17-11-5-4-9-2-1-3-10(9)8-11/h4-8H,1-3H2,(H2,14,15,16). The molecule has 2 aromatic rings. The quantitative estimate of drug-likeness (QED) is 0.855. The van der Waals surface area contributed by atoms with Crippen LogP contribution in [-0.2, 0) is 12.8 Å². The van der Waals surface area contributed by atoms with Gasteiger partial charge in [-0.1, -0.05) is 6.07 Å². The average Bonchev–Trinajstić information content (AvgIpc) is 2.76. The lowest BCUT2D eigenvalue weighted by Crippen LogP contribution is -1.96. The smallest absolute Gasteiger partial charge is 0.224 e. The SMILES string of the molecule is Nc1nccc(Oc2ccc3c(c2)CCC3)n1. The van der Waals surface area contributed by atoms with E-state index in [-0.39, 0.29) is 5.95 Å². The van der Waals surface area contributed by atoms with Crippen LogP contribution in [0.4, 0.5) is 5.95 Å². The highest BCUT2D eigenvalue weighted by molar-refractivity contribution is 5.39. The summed E-state index contributed by atoms with van der Waals surface area (Å²) >= 11 is 0. The zero-order valence-electron chi connectivity index (χ0n) is 9.39. The Morgan fingerprint density at radius 1 is 1.12 bits per heavy atom. The number of benzene rings is 1. The van der Waals surface area contributed by atoms with Crippen molar-refractivity contribution in [2.24, 2.45) is 0 Å². The first-order chi connectivity index (χ1) is 8.31. The highest BCUT2D eigenvalue weighted by Crippen LogP contribution is 2.28. The highest BCUT2D eigenvalue weighted by Gasteiger charge is 2.11. The van der Waals surface area contributed by atoms with Gasteiger partial charge in [0.05, 0.1) is 0 Å². The Kier molecular flexibility index (Phi) is 2.40. The fourth-order valence-electron chi connectivity index (χ4n) is 2.15. The summed E-state index contributed by atoms with van der Waals surface area (Å²) in [5.74, 6) is 1.52. The van der Waals surface area contributed by atoms with Crippen LogP contribution in [0.3, 0.4) is 0 Å². The summed E-state index contributed by atoms with van der Waals surface area (Å²) in [6, 6.07) is 7.88. The molecule has 0 atom stereocenters. The lowest BCUT2D eigenvalue weighted by molar-refractivity contribution is 0.462. The van der Waals surface area contributed by atoms with Crippen LogP contribution in [0, 0.1) is 0 Å². The topological polar surface area (TPSA) is 61.0 Å². The van der Waals surface area contributed by atoms with E-state index < -0.39 is 0 Å². The summed E-state index contributed by atoms with van der Waals surface area (Å²) in [5.41, 5.74) is 8.31. The molecule has 2 N–H and O–H groups in total. The number of nitrogens with zero attached hydrogens (tertiary/aromatic N) is 2. The van der Waals surface area contributed by atoms with E-state index in [1.54, 1.807) is 12.3 Å². The fraction of sp³-hybridized carbons (Fsp3) is 0.231. The minimum atomic E-state index is 0.226. The van der Waals surface area contributed by atoms with Gasteiger partial charge in [-0.15, -0.1) is 0 Å². The van der Waals surface area contributed by atoms with Gasteiger partial charge in [0.1, 0.15) is 5.75 Å². The summed E-state index contributed by atoms with van der Waals surface area (Å²) < 4.78 is 5.65. The molecule has 1 aliphatic rings. The van der Waals surface area contributed by atoms with E-state index in [1.165, 1.54) is 24.0 Å². The molecule has 17 heavy (non-hydrogen) atoms. The van der Waals surface area contributed by atoms with Crippen LogP contribution < -0.4 is 10.5 Å². The molecule has 0 saturated heterocycles. The fourth-order valence-corrected chi connectivity index (χ4v) is 2.15. The maximum atomic E-state index is 5.65. The van der Waals surface area contributed by atoms with Crippen molar-refractivity contribution in [3.63, 3.8) is 0 Å².